The number of hydrogen-bond acceptors (Lipinski definition) is 4. The van der Waals surface area contributed by atoms with E-state index in [9.17, 15) is 9.59 Å². The molecule has 114 valence electrons. The van der Waals surface area contributed by atoms with E-state index in [2.05, 4.69) is 14.7 Å². The van der Waals surface area contributed by atoms with E-state index in [-0.39, 0.29) is 17.4 Å². The minimum atomic E-state index is -0.367. The fourth-order valence-corrected chi connectivity index (χ4v) is 1.88. The van der Waals surface area contributed by atoms with Gasteiger partial charge in [-0.05, 0) is 23.8 Å². The molecule has 0 aliphatic carbocycles. The van der Waals surface area contributed by atoms with Gasteiger partial charge in [0.05, 0.1) is 18.4 Å². The van der Waals surface area contributed by atoms with Crippen LogP contribution in [0.5, 0.6) is 0 Å². The van der Waals surface area contributed by atoms with E-state index >= 15 is 0 Å². The van der Waals surface area contributed by atoms with Crippen molar-refractivity contribution in [3.05, 3.63) is 63.3 Å². The summed E-state index contributed by atoms with van der Waals surface area (Å²) in [6.07, 6.45) is 3.61. The number of H-pyrrole nitrogens is 1. The van der Waals surface area contributed by atoms with Gasteiger partial charge in [0.25, 0.3) is 5.56 Å². The highest BCUT2D eigenvalue weighted by atomic mass is 16.5. The van der Waals surface area contributed by atoms with Crippen molar-refractivity contribution >= 4 is 18.1 Å². The third-order valence-electron chi connectivity index (χ3n) is 3.10. The summed E-state index contributed by atoms with van der Waals surface area (Å²) in [5.41, 5.74) is 1.83. The lowest BCUT2D eigenvalue weighted by Gasteiger charge is -2.04. The zero-order valence-electron chi connectivity index (χ0n) is 12.8. The van der Waals surface area contributed by atoms with Crippen LogP contribution >= 0.6 is 0 Å². The highest BCUT2D eigenvalue weighted by Crippen LogP contribution is 2.11. The summed E-state index contributed by atoms with van der Waals surface area (Å²) in [6, 6.07) is 8.44. The first-order valence-electron chi connectivity index (χ1n) is 6.97. The number of carbonyl (C=O) groups excluding carboxylic acids is 1. The van der Waals surface area contributed by atoms with E-state index in [1.165, 1.54) is 13.2 Å². The number of ether oxygens (including phenoxy) is 1. The van der Waals surface area contributed by atoms with Gasteiger partial charge < -0.3 is 9.72 Å². The second kappa shape index (κ2) is 6.85. The molecule has 2 aromatic rings. The van der Waals surface area contributed by atoms with Gasteiger partial charge in [-0.15, -0.1) is 0 Å². The number of aromatic nitrogens is 2. The minimum absolute atomic E-state index is 0.153. The van der Waals surface area contributed by atoms with Crippen LogP contribution in [0.1, 0.15) is 47.2 Å². The molecule has 0 amide bonds. The Morgan fingerprint density at radius 1 is 1.23 bits per heavy atom. The SMILES string of the molecule is COC(=O)c1ccc(/C=C/c2cc(=O)[nH]c(C(C)C)n2)cc1. The van der Waals surface area contributed by atoms with Gasteiger partial charge in [-0.25, -0.2) is 9.78 Å². The third kappa shape index (κ3) is 3.91. The summed E-state index contributed by atoms with van der Waals surface area (Å²) in [4.78, 5) is 30.1. The zero-order valence-corrected chi connectivity index (χ0v) is 12.8. The van der Waals surface area contributed by atoms with Crippen LogP contribution in [-0.4, -0.2) is 23.0 Å². The predicted octanol–water partition coefficient (Wildman–Crippen LogP) is 2.85. The van der Waals surface area contributed by atoms with Gasteiger partial charge in [0.15, 0.2) is 0 Å². The van der Waals surface area contributed by atoms with Gasteiger partial charge >= 0.3 is 5.97 Å². The number of benzene rings is 1. The molecule has 1 aromatic heterocycles. The summed E-state index contributed by atoms with van der Waals surface area (Å²) in [5.74, 6) is 0.446. The number of hydrogen-bond donors (Lipinski definition) is 1. The Labute approximate surface area is 128 Å². The molecule has 5 nitrogen and oxygen atoms in total. The number of carbonyl (C=O) groups is 1. The number of aromatic amines is 1. The standard InChI is InChI=1S/C17H18N2O3/c1-11(2)16-18-14(10-15(20)19-16)9-6-12-4-7-13(8-5-12)17(21)22-3/h4-11H,1-3H3,(H,18,19,20)/b9-6+. The van der Waals surface area contributed by atoms with Gasteiger partial charge in [-0.3, -0.25) is 4.79 Å². The number of methoxy groups -OCH3 is 1. The third-order valence-corrected chi connectivity index (χ3v) is 3.10. The maximum atomic E-state index is 11.6. The average molecular weight is 298 g/mol. The largest absolute Gasteiger partial charge is 0.465 e. The van der Waals surface area contributed by atoms with Crippen molar-refractivity contribution in [3.63, 3.8) is 0 Å². The van der Waals surface area contributed by atoms with Crippen LogP contribution in [0.15, 0.2) is 35.1 Å². The Morgan fingerprint density at radius 3 is 2.50 bits per heavy atom. The number of nitrogens with zero attached hydrogens (tertiary/aromatic N) is 1. The van der Waals surface area contributed by atoms with Crippen molar-refractivity contribution < 1.29 is 9.53 Å². The molecule has 22 heavy (non-hydrogen) atoms. The van der Waals surface area contributed by atoms with Gasteiger partial charge in [-0.1, -0.05) is 32.1 Å². The topological polar surface area (TPSA) is 72.1 Å². The second-order valence-electron chi connectivity index (χ2n) is 5.16. The molecule has 0 saturated heterocycles. The van der Waals surface area contributed by atoms with E-state index < -0.39 is 0 Å². The maximum absolute atomic E-state index is 11.6. The molecular formula is C17H18N2O3. The van der Waals surface area contributed by atoms with Crippen LogP contribution in [0.3, 0.4) is 0 Å². The molecule has 1 heterocycles. The van der Waals surface area contributed by atoms with E-state index in [1.54, 1.807) is 30.3 Å². The van der Waals surface area contributed by atoms with Crippen LogP contribution in [0.2, 0.25) is 0 Å². The Morgan fingerprint density at radius 2 is 1.91 bits per heavy atom. The molecule has 0 atom stereocenters. The fourth-order valence-electron chi connectivity index (χ4n) is 1.88. The van der Waals surface area contributed by atoms with Crippen molar-refractivity contribution in [1.29, 1.82) is 0 Å². The molecule has 5 heteroatoms. The summed E-state index contributed by atoms with van der Waals surface area (Å²) in [6.45, 7) is 3.94. The van der Waals surface area contributed by atoms with Crippen LogP contribution in [0.4, 0.5) is 0 Å². The molecule has 1 aromatic carbocycles. The number of esters is 1. The summed E-state index contributed by atoms with van der Waals surface area (Å²) < 4.78 is 4.65. The van der Waals surface area contributed by atoms with Gasteiger partial charge in [0.2, 0.25) is 0 Å². The van der Waals surface area contributed by atoms with Crippen molar-refractivity contribution in [1.82, 2.24) is 9.97 Å². The number of nitrogens with one attached hydrogen (secondary N) is 1. The van der Waals surface area contributed by atoms with E-state index in [1.807, 2.05) is 19.9 Å². The van der Waals surface area contributed by atoms with Crippen molar-refractivity contribution in [2.45, 2.75) is 19.8 Å². The van der Waals surface area contributed by atoms with E-state index in [0.717, 1.165) is 5.56 Å². The summed E-state index contributed by atoms with van der Waals surface area (Å²) >= 11 is 0. The summed E-state index contributed by atoms with van der Waals surface area (Å²) in [7, 11) is 1.35. The quantitative estimate of drug-likeness (QED) is 0.881. The lowest BCUT2D eigenvalue weighted by Crippen LogP contribution is -2.12. The zero-order chi connectivity index (χ0) is 16.1. The monoisotopic (exact) mass is 298 g/mol. The number of rotatable bonds is 4. The molecule has 0 saturated carbocycles. The molecular weight excluding hydrogens is 280 g/mol. The molecule has 0 unspecified atom stereocenters. The van der Waals surface area contributed by atoms with Crippen LogP contribution in [-0.2, 0) is 4.74 Å². The smallest absolute Gasteiger partial charge is 0.337 e. The van der Waals surface area contributed by atoms with Crippen molar-refractivity contribution in [2.75, 3.05) is 7.11 Å². The predicted molar refractivity (Wildman–Crippen MR) is 85.7 cm³/mol. The lowest BCUT2D eigenvalue weighted by atomic mass is 10.1. The molecule has 0 bridgehead atoms. The van der Waals surface area contributed by atoms with Crippen LogP contribution < -0.4 is 5.56 Å². The molecule has 0 fully saturated rings. The highest BCUT2D eigenvalue weighted by Gasteiger charge is 2.04. The highest BCUT2D eigenvalue weighted by molar-refractivity contribution is 5.89. The van der Waals surface area contributed by atoms with E-state index in [4.69, 9.17) is 0 Å². The second-order valence-corrected chi connectivity index (χ2v) is 5.16. The molecule has 2 rings (SSSR count). The first-order valence-corrected chi connectivity index (χ1v) is 6.97. The molecule has 0 radical (unpaired) electrons. The van der Waals surface area contributed by atoms with Gasteiger partial charge in [-0.2, -0.15) is 0 Å². The lowest BCUT2D eigenvalue weighted by molar-refractivity contribution is 0.0600. The molecule has 0 spiro atoms. The Kier molecular flexibility index (Phi) is 4.88. The van der Waals surface area contributed by atoms with Crippen LogP contribution in [0.25, 0.3) is 12.2 Å². The van der Waals surface area contributed by atoms with E-state index in [0.29, 0.717) is 17.1 Å². The van der Waals surface area contributed by atoms with Crippen LogP contribution in [0, 0.1) is 0 Å². The molecule has 0 aliphatic heterocycles. The van der Waals surface area contributed by atoms with Crippen molar-refractivity contribution in [3.8, 4) is 0 Å². The molecule has 0 aliphatic rings. The van der Waals surface area contributed by atoms with Gasteiger partial charge in [0, 0.05) is 12.0 Å². The first kappa shape index (κ1) is 15.7. The van der Waals surface area contributed by atoms with Gasteiger partial charge in [0.1, 0.15) is 5.82 Å². The maximum Gasteiger partial charge on any atom is 0.337 e. The molecule has 1 N–H and O–H groups in total. The summed E-state index contributed by atoms with van der Waals surface area (Å²) in [5, 5.41) is 0. The first-order chi connectivity index (χ1) is 10.5. The fraction of sp³-hybridized carbons (Fsp3) is 0.235. The average Bonchev–Trinajstić information content (AvgIpc) is 2.52. The minimum Gasteiger partial charge on any atom is -0.465 e. The Balaban J connectivity index is 2.21. The Bertz CT molecular complexity index is 743. The Hall–Kier alpha value is -2.69. The normalized spacial score (nSPS) is 11.1. The van der Waals surface area contributed by atoms with Crippen molar-refractivity contribution in [2.24, 2.45) is 0 Å².